The van der Waals surface area contributed by atoms with Crippen molar-refractivity contribution in [1.82, 2.24) is 0 Å². The molecule has 0 saturated carbocycles. The minimum atomic E-state index is 0.660. The van der Waals surface area contributed by atoms with Crippen LogP contribution < -0.4 is 0 Å². The fourth-order valence-electron chi connectivity index (χ4n) is 6.62. The maximum atomic E-state index is 2.49. The van der Waals surface area contributed by atoms with E-state index in [0.29, 0.717) is 5.92 Å². The number of allylic oxidation sites excluding steroid dienone is 6. The summed E-state index contributed by atoms with van der Waals surface area (Å²) in [6.45, 7) is 15.8. The van der Waals surface area contributed by atoms with Crippen LogP contribution in [0.5, 0.6) is 0 Å². The molecule has 0 nitrogen and oxygen atoms in total. The standard InChI is InChI=1S/C23H28.C8H12.C7H8/c1-14-8-7-10-19-13-16(3)23(22(14)19)21-15(2)12-18-9-5-6-11-20(18)17(21)4;1-3-5-7-8-6-4-2;1-7-5-3-2-4-6-7/h5-11,15-17,21,23H,12-13H2,1-4H3;3-8H,1-2H3;2-6H,1H3/b;5-3-,6-4+,8-7-;. The van der Waals surface area contributed by atoms with Crippen molar-refractivity contribution in [3.8, 4) is 0 Å². The summed E-state index contributed by atoms with van der Waals surface area (Å²) in [4.78, 5) is 0. The Hall–Kier alpha value is -3.12. The average molecular weight is 505 g/mol. The van der Waals surface area contributed by atoms with Crippen molar-refractivity contribution < 1.29 is 0 Å². The van der Waals surface area contributed by atoms with E-state index in [-0.39, 0.29) is 0 Å². The van der Waals surface area contributed by atoms with E-state index in [2.05, 4.69) is 89.2 Å². The van der Waals surface area contributed by atoms with Gasteiger partial charge in [0.2, 0.25) is 0 Å². The van der Waals surface area contributed by atoms with E-state index in [1.54, 1.807) is 22.3 Å². The molecule has 0 radical (unpaired) electrons. The van der Waals surface area contributed by atoms with Crippen LogP contribution >= 0.6 is 0 Å². The molecule has 0 bridgehead atoms. The molecule has 0 aromatic heterocycles. The minimum Gasteiger partial charge on any atom is -0.0877 e. The van der Waals surface area contributed by atoms with E-state index in [0.717, 1.165) is 23.7 Å². The lowest BCUT2D eigenvalue weighted by Gasteiger charge is -2.42. The van der Waals surface area contributed by atoms with Crippen LogP contribution in [-0.2, 0) is 12.8 Å². The highest BCUT2D eigenvalue weighted by molar-refractivity contribution is 5.44. The third-order valence-corrected chi connectivity index (χ3v) is 8.30. The monoisotopic (exact) mass is 504 g/mol. The molecule has 2 aliphatic rings. The predicted molar refractivity (Wildman–Crippen MR) is 168 cm³/mol. The third kappa shape index (κ3) is 7.47. The van der Waals surface area contributed by atoms with Crippen molar-refractivity contribution >= 4 is 0 Å². The van der Waals surface area contributed by atoms with Crippen LogP contribution in [0.1, 0.15) is 79.8 Å². The third-order valence-electron chi connectivity index (χ3n) is 8.30. The normalized spacial score (nSPS) is 23.9. The molecule has 0 fully saturated rings. The van der Waals surface area contributed by atoms with Crippen molar-refractivity contribution in [2.75, 3.05) is 0 Å². The first-order valence-electron chi connectivity index (χ1n) is 14.5. The van der Waals surface area contributed by atoms with E-state index in [1.807, 2.05) is 68.5 Å². The van der Waals surface area contributed by atoms with Crippen LogP contribution in [0.4, 0.5) is 0 Å². The predicted octanol–water partition coefficient (Wildman–Crippen LogP) is 10.6. The first-order valence-corrected chi connectivity index (χ1v) is 14.5. The van der Waals surface area contributed by atoms with Gasteiger partial charge >= 0.3 is 0 Å². The van der Waals surface area contributed by atoms with E-state index < -0.39 is 0 Å². The zero-order chi connectivity index (χ0) is 27.5. The molecule has 5 unspecified atom stereocenters. The summed E-state index contributed by atoms with van der Waals surface area (Å²) >= 11 is 0. The highest BCUT2D eigenvalue weighted by Gasteiger charge is 2.43. The fraction of sp³-hybridized carbons (Fsp3) is 0.368. The maximum absolute atomic E-state index is 2.49. The van der Waals surface area contributed by atoms with E-state index in [9.17, 15) is 0 Å². The van der Waals surface area contributed by atoms with Gasteiger partial charge in [0, 0.05) is 0 Å². The topological polar surface area (TPSA) is 0 Å². The van der Waals surface area contributed by atoms with Gasteiger partial charge < -0.3 is 0 Å². The van der Waals surface area contributed by atoms with Crippen molar-refractivity contribution in [2.24, 2.45) is 17.8 Å². The first kappa shape index (κ1) is 29.4. The van der Waals surface area contributed by atoms with Crippen LogP contribution in [-0.4, -0.2) is 0 Å². The fourth-order valence-corrected chi connectivity index (χ4v) is 6.62. The van der Waals surface area contributed by atoms with Gasteiger partial charge in [-0.05, 0) is 97.9 Å². The first-order chi connectivity index (χ1) is 18.4. The molecule has 0 heterocycles. The summed E-state index contributed by atoms with van der Waals surface area (Å²) in [6, 6.07) is 26.3. The molecule has 200 valence electrons. The van der Waals surface area contributed by atoms with E-state index in [4.69, 9.17) is 0 Å². The van der Waals surface area contributed by atoms with Crippen molar-refractivity contribution in [1.29, 1.82) is 0 Å². The van der Waals surface area contributed by atoms with E-state index in [1.165, 1.54) is 24.0 Å². The summed E-state index contributed by atoms with van der Waals surface area (Å²) in [5.41, 5.74) is 9.31. The van der Waals surface area contributed by atoms with Gasteiger partial charge in [0.25, 0.3) is 0 Å². The number of rotatable bonds is 3. The Kier molecular flexibility index (Phi) is 11.4. The highest BCUT2D eigenvalue weighted by atomic mass is 14.5. The average Bonchev–Trinajstić information content (AvgIpc) is 3.25. The Labute approximate surface area is 233 Å². The second-order valence-corrected chi connectivity index (χ2v) is 11.2. The number of benzene rings is 3. The largest absolute Gasteiger partial charge is 0.0877 e. The van der Waals surface area contributed by atoms with Gasteiger partial charge in [-0.2, -0.15) is 0 Å². The molecule has 0 heteroatoms. The molecule has 0 spiro atoms. The second kappa shape index (κ2) is 14.7. The van der Waals surface area contributed by atoms with Gasteiger partial charge in [0.1, 0.15) is 0 Å². The van der Waals surface area contributed by atoms with Gasteiger partial charge in [-0.1, -0.05) is 136 Å². The molecule has 3 aromatic rings. The number of hydrogen-bond acceptors (Lipinski definition) is 0. The summed E-state index contributed by atoms with van der Waals surface area (Å²) in [5, 5.41) is 0. The Bertz CT molecular complexity index is 1200. The quantitative estimate of drug-likeness (QED) is 0.311. The number of hydrogen-bond donors (Lipinski definition) is 0. The zero-order valence-corrected chi connectivity index (χ0v) is 24.7. The number of aryl methyl sites for hydroxylation is 2. The zero-order valence-electron chi connectivity index (χ0n) is 24.7. The molecule has 5 atom stereocenters. The van der Waals surface area contributed by atoms with Crippen molar-refractivity contribution in [2.45, 2.75) is 73.1 Å². The van der Waals surface area contributed by atoms with Gasteiger partial charge in [-0.15, -0.1) is 0 Å². The molecule has 3 aromatic carbocycles. The molecule has 0 aliphatic heterocycles. The van der Waals surface area contributed by atoms with Crippen LogP contribution in [0.3, 0.4) is 0 Å². The second-order valence-electron chi connectivity index (χ2n) is 11.2. The van der Waals surface area contributed by atoms with Gasteiger partial charge in [0.05, 0.1) is 0 Å². The lowest BCUT2D eigenvalue weighted by atomic mass is 9.62. The van der Waals surface area contributed by atoms with Gasteiger partial charge in [-0.25, -0.2) is 0 Å². The molecule has 5 rings (SSSR count). The van der Waals surface area contributed by atoms with Gasteiger partial charge in [0.15, 0.2) is 0 Å². The van der Waals surface area contributed by atoms with Crippen molar-refractivity contribution in [3.63, 3.8) is 0 Å². The van der Waals surface area contributed by atoms with Crippen LogP contribution in [0.25, 0.3) is 0 Å². The van der Waals surface area contributed by atoms with Crippen LogP contribution in [0.15, 0.2) is 109 Å². The molecule has 0 amide bonds. The molecule has 0 N–H and O–H groups in total. The van der Waals surface area contributed by atoms with Crippen LogP contribution in [0.2, 0.25) is 0 Å². The molecule has 2 aliphatic carbocycles. The summed E-state index contributed by atoms with van der Waals surface area (Å²) in [6.07, 6.45) is 14.5. The summed E-state index contributed by atoms with van der Waals surface area (Å²) < 4.78 is 0. The Morgan fingerprint density at radius 1 is 0.605 bits per heavy atom. The lowest BCUT2D eigenvalue weighted by molar-refractivity contribution is 0.207. The van der Waals surface area contributed by atoms with Gasteiger partial charge in [-0.3, -0.25) is 0 Å². The summed E-state index contributed by atoms with van der Waals surface area (Å²) in [7, 11) is 0. The Morgan fingerprint density at radius 3 is 1.79 bits per heavy atom. The number of fused-ring (bicyclic) bond motifs is 2. The smallest absolute Gasteiger partial charge is 0.00910 e. The van der Waals surface area contributed by atoms with E-state index >= 15 is 0 Å². The summed E-state index contributed by atoms with van der Waals surface area (Å²) in [5.74, 6) is 3.68. The Balaban J connectivity index is 0.000000219. The maximum Gasteiger partial charge on any atom is -0.00910 e. The molecule has 38 heavy (non-hydrogen) atoms. The lowest BCUT2D eigenvalue weighted by Crippen LogP contribution is -2.33. The SMILES string of the molecule is C\C=C/C=C\C=C\C.Cc1cccc2c1C(C1C(C)Cc3ccccc3C1C)C(C)C2.Cc1ccccc1. The van der Waals surface area contributed by atoms with Crippen LogP contribution in [0, 0.1) is 31.6 Å². The Morgan fingerprint density at radius 2 is 1.18 bits per heavy atom. The molecule has 0 saturated heterocycles. The minimum absolute atomic E-state index is 0.660. The van der Waals surface area contributed by atoms with Crippen molar-refractivity contribution in [3.05, 3.63) is 143 Å². The highest BCUT2D eigenvalue weighted by Crippen LogP contribution is 2.53. The molecular weight excluding hydrogens is 456 g/mol. The molecular formula is C38H48.